The molecule has 0 bridgehead atoms. The monoisotopic (exact) mass is 170 g/mol. The molecule has 0 spiro atoms. The molecule has 0 aromatic heterocycles. The third kappa shape index (κ3) is 5.01. The molecule has 0 radical (unpaired) electrons. The largest absolute Gasteiger partial charge is 0.376 e. The van der Waals surface area contributed by atoms with Gasteiger partial charge in [0.25, 0.3) is 0 Å². The molecule has 0 heterocycles. The molecule has 0 saturated heterocycles. The first kappa shape index (κ1) is 9.54. The van der Waals surface area contributed by atoms with E-state index >= 15 is 0 Å². The van der Waals surface area contributed by atoms with Gasteiger partial charge in [-0.25, -0.2) is 0 Å². The quantitative estimate of drug-likeness (QED) is 0.576. The van der Waals surface area contributed by atoms with Crippen LogP contribution in [0.4, 0.5) is 0 Å². The number of halogens is 2. The van der Waals surface area contributed by atoms with Crippen molar-refractivity contribution in [3.05, 3.63) is 0 Å². The van der Waals surface area contributed by atoms with Gasteiger partial charge in [0.1, 0.15) is 0 Å². The van der Waals surface area contributed by atoms with Gasteiger partial charge in [-0.1, -0.05) is 6.92 Å². The summed E-state index contributed by atoms with van der Waals surface area (Å²) in [5.41, 5.74) is 0. The highest BCUT2D eigenvalue weighted by Crippen LogP contribution is 1.99. The molecule has 0 aliphatic rings. The summed E-state index contributed by atoms with van der Waals surface area (Å²) < 4.78 is 5.23. The standard InChI is InChI=1S/C6H12Cl2O/c1-2-6(5-8)9-4-3-7/h6H,2-5H2,1H3/t6-/m1/s1. The lowest BCUT2D eigenvalue weighted by atomic mass is 10.3. The van der Waals surface area contributed by atoms with Gasteiger partial charge in [-0.05, 0) is 6.42 Å². The van der Waals surface area contributed by atoms with Gasteiger partial charge in [-0.3, -0.25) is 0 Å². The normalized spacial score (nSPS) is 13.7. The minimum atomic E-state index is 0.186. The first-order valence-corrected chi connectivity index (χ1v) is 4.15. The molecular formula is C6H12Cl2O. The second-order valence-corrected chi connectivity index (χ2v) is 2.43. The summed E-state index contributed by atoms with van der Waals surface area (Å²) in [6, 6.07) is 0. The number of alkyl halides is 2. The van der Waals surface area contributed by atoms with Crippen LogP contribution in [0.15, 0.2) is 0 Å². The van der Waals surface area contributed by atoms with E-state index in [2.05, 4.69) is 0 Å². The van der Waals surface area contributed by atoms with Crippen LogP contribution >= 0.6 is 23.2 Å². The Bertz CT molecular complexity index is 55.0. The van der Waals surface area contributed by atoms with Gasteiger partial charge >= 0.3 is 0 Å². The van der Waals surface area contributed by atoms with Gasteiger partial charge in [0.2, 0.25) is 0 Å². The van der Waals surface area contributed by atoms with Crippen molar-refractivity contribution in [1.29, 1.82) is 0 Å². The average molecular weight is 171 g/mol. The molecule has 1 atom stereocenters. The van der Waals surface area contributed by atoms with E-state index in [1.54, 1.807) is 0 Å². The maximum atomic E-state index is 5.54. The fourth-order valence-electron chi connectivity index (χ4n) is 0.483. The average Bonchev–Trinajstić information content (AvgIpc) is 1.91. The van der Waals surface area contributed by atoms with E-state index in [0.29, 0.717) is 18.4 Å². The fraction of sp³-hybridized carbons (Fsp3) is 1.00. The fourth-order valence-corrected chi connectivity index (χ4v) is 0.879. The number of hydrogen-bond acceptors (Lipinski definition) is 1. The van der Waals surface area contributed by atoms with E-state index in [4.69, 9.17) is 27.9 Å². The lowest BCUT2D eigenvalue weighted by Gasteiger charge is -2.10. The van der Waals surface area contributed by atoms with E-state index in [-0.39, 0.29) is 6.10 Å². The summed E-state index contributed by atoms with van der Waals surface area (Å²) in [7, 11) is 0. The summed E-state index contributed by atoms with van der Waals surface area (Å²) in [4.78, 5) is 0. The maximum absolute atomic E-state index is 5.54. The molecule has 0 saturated carbocycles. The second-order valence-electron chi connectivity index (χ2n) is 1.74. The first-order valence-electron chi connectivity index (χ1n) is 3.08. The van der Waals surface area contributed by atoms with Crippen LogP contribution in [0, 0.1) is 0 Å². The molecule has 56 valence electrons. The van der Waals surface area contributed by atoms with Crippen LogP contribution in [0.1, 0.15) is 13.3 Å². The zero-order valence-corrected chi connectivity index (χ0v) is 7.08. The Labute approximate surface area is 66.3 Å². The number of rotatable bonds is 5. The van der Waals surface area contributed by atoms with Crippen LogP contribution in [0.25, 0.3) is 0 Å². The topological polar surface area (TPSA) is 9.23 Å². The highest BCUT2D eigenvalue weighted by Gasteiger charge is 2.01. The van der Waals surface area contributed by atoms with Crippen LogP contribution in [0.2, 0.25) is 0 Å². The maximum Gasteiger partial charge on any atom is 0.0708 e. The minimum Gasteiger partial charge on any atom is -0.376 e. The van der Waals surface area contributed by atoms with E-state index < -0.39 is 0 Å². The molecule has 3 heteroatoms. The zero-order valence-electron chi connectivity index (χ0n) is 5.57. The van der Waals surface area contributed by atoms with Crippen molar-refractivity contribution in [2.75, 3.05) is 18.4 Å². The third-order valence-corrected chi connectivity index (χ3v) is 1.56. The Hall–Kier alpha value is 0.540. The van der Waals surface area contributed by atoms with E-state index in [9.17, 15) is 0 Å². The van der Waals surface area contributed by atoms with Crippen molar-refractivity contribution in [1.82, 2.24) is 0 Å². The molecule has 0 unspecified atom stereocenters. The molecule has 0 aliphatic heterocycles. The van der Waals surface area contributed by atoms with E-state index in [1.165, 1.54) is 0 Å². The number of ether oxygens (including phenoxy) is 1. The lowest BCUT2D eigenvalue weighted by Crippen LogP contribution is -2.14. The van der Waals surface area contributed by atoms with Gasteiger partial charge in [-0.15, -0.1) is 23.2 Å². The zero-order chi connectivity index (χ0) is 7.11. The number of hydrogen-bond donors (Lipinski definition) is 0. The molecule has 0 N–H and O–H groups in total. The summed E-state index contributed by atoms with van der Waals surface area (Å²) in [5, 5.41) is 0. The molecule has 0 amide bonds. The summed E-state index contributed by atoms with van der Waals surface area (Å²) in [6.45, 7) is 2.65. The van der Waals surface area contributed by atoms with E-state index in [1.807, 2.05) is 6.92 Å². The molecule has 0 aromatic carbocycles. The van der Waals surface area contributed by atoms with Crippen LogP contribution < -0.4 is 0 Å². The summed E-state index contributed by atoms with van der Waals surface area (Å²) in [5.74, 6) is 1.11. The van der Waals surface area contributed by atoms with Crippen molar-refractivity contribution in [3.8, 4) is 0 Å². The predicted molar refractivity (Wildman–Crippen MR) is 41.5 cm³/mol. The second kappa shape index (κ2) is 6.66. The van der Waals surface area contributed by atoms with Crippen LogP contribution in [0.3, 0.4) is 0 Å². The Kier molecular flexibility index (Phi) is 7.06. The van der Waals surface area contributed by atoms with Crippen molar-refractivity contribution in [3.63, 3.8) is 0 Å². The Balaban J connectivity index is 3.09. The van der Waals surface area contributed by atoms with Gasteiger partial charge in [0.15, 0.2) is 0 Å². The molecule has 0 aliphatic carbocycles. The van der Waals surface area contributed by atoms with Gasteiger partial charge in [0, 0.05) is 11.8 Å². The molecule has 0 rings (SSSR count). The van der Waals surface area contributed by atoms with Crippen LogP contribution in [0.5, 0.6) is 0 Å². The van der Waals surface area contributed by atoms with E-state index in [0.717, 1.165) is 6.42 Å². The smallest absolute Gasteiger partial charge is 0.0708 e. The SMILES string of the molecule is CC[C@H](CCl)OCCCl. The predicted octanol–water partition coefficient (Wildman–Crippen LogP) is 2.26. The first-order chi connectivity index (χ1) is 4.35. The molecule has 1 nitrogen and oxygen atoms in total. The van der Waals surface area contributed by atoms with Gasteiger partial charge in [-0.2, -0.15) is 0 Å². The molecule has 0 aromatic rings. The summed E-state index contributed by atoms with van der Waals surface area (Å²) in [6.07, 6.45) is 1.14. The molecular weight excluding hydrogens is 159 g/mol. The van der Waals surface area contributed by atoms with Crippen molar-refractivity contribution >= 4 is 23.2 Å². The third-order valence-electron chi connectivity index (χ3n) is 1.06. The van der Waals surface area contributed by atoms with Crippen LogP contribution in [-0.2, 0) is 4.74 Å². The van der Waals surface area contributed by atoms with Gasteiger partial charge in [0.05, 0.1) is 12.7 Å². The molecule has 9 heavy (non-hydrogen) atoms. The van der Waals surface area contributed by atoms with Crippen molar-refractivity contribution in [2.24, 2.45) is 0 Å². The highest BCUT2D eigenvalue weighted by molar-refractivity contribution is 6.18. The minimum absolute atomic E-state index is 0.186. The molecule has 0 fully saturated rings. The van der Waals surface area contributed by atoms with Gasteiger partial charge < -0.3 is 4.74 Å². The van der Waals surface area contributed by atoms with Crippen molar-refractivity contribution < 1.29 is 4.74 Å². The summed E-state index contributed by atoms with van der Waals surface area (Å²) >= 11 is 10.9. The highest BCUT2D eigenvalue weighted by atomic mass is 35.5. The van der Waals surface area contributed by atoms with Crippen molar-refractivity contribution in [2.45, 2.75) is 19.4 Å². The Morgan fingerprint density at radius 2 is 2.11 bits per heavy atom. The lowest BCUT2D eigenvalue weighted by molar-refractivity contribution is 0.0777. The van der Waals surface area contributed by atoms with Crippen LogP contribution in [-0.4, -0.2) is 24.5 Å². The Morgan fingerprint density at radius 1 is 1.44 bits per heavy atom. The Morgan fingerprint density at radius 3 is 2.44 bits per heavy atom.